The SMILES string of the molecule is NSOc1ccc(-c2cccc(Cn3cncn3)c2)cc1Cl. The predicted molar refractivity (Wildman–Crippen MR) is 88.4 cm³/mol. The van der Waals surface area contributed by atoms with Crippen LogP contribution < -0.4 is 9.32 Å². The maximum atomic E-state index is 6.20. The van der Waals surface area contributed by atoms with Gasteiger partial charge in [-0.25, -0.2) is 14.8 Å². The lowest BCUT2D eigenvalue weighted by atomic mass is 10.0. The van der Waals surface area contributed by atoms with E-state index in [1.807, 2.05) is 30.3 Å². The number of benzene rings is 2. The summed E-state index contributed by atoms with van der Waals surface area (Å²) < 4.78 is 6.94. The molecule has 22 heavy (non-hydrogen) atoms. The van der Waals surface area contributed by atoms with Gasteiger partial charge in [-0.15, -0.1) is 0 Å². The van der Waals surface area contributed by atoms with Crippen molar-refractivity contribution in [2.75, 3.05) is 0 Å². The van der Waals surface area contributed by atoms with Gasteiger partial charge in [0.25, 0.3) is 0 Å². The zero-order valence-electron chi connectivity index (χ0n) is 11.5. The van der Waals surface area contributed by atoms with Gasteiger partial charge in [-0.2, -0.15) is 5.10 Å². The van der Waals surface area contributed by atoms with Crippen molar-refractivity contribution in [1.82, 2.24) is 14.8 Å². The Morgan fingerprint density at radius 1 is 1.18 bits per heavy atom. The maximum absolute atomic E-state index is 6.20. The van der Waals surface area contributed by atoms with Crippen LogP contribution in [0.1, 0.15) is 5.56 Å². The molecule has 0 fully saturated rings. The average Bonchev–Trinajstić information content (AvgIpc) is 3.03. The van der Waals surface area contributed by atoms with Crippen molar-refractivity contribution < 1.29 is 4.18 Å². The minimum Gasteiger partial charge on any atom is -0.408 e. The van der Waals surface area contributed by atoms with Gasteiger partial charge in [-0.3, -0.25) is 0 Å². The van der Waals surface area contributed by atoms with E-state index in [-0.39, 0.29) is 0 Å². The Bertz CT molecular complexity index is 764. The molecule has 0 atom stereocenters. The van der Waals surface area contributed by atoms with Gasteiger partial charge in [0.15, 0.2) is 5.75 Å². The Morgan fingerprint density at radius 2 is 2.05 bits per heavy atom. The molecule has 5 nitrogen and oxygen atoms in total. The van der Waals surface area contributed by atoms with Crippen molar-refractivity contribution in [3.05, 3.63) is 65.7 Å². The molecular formula is C15H13ClN4OS. The Balaban J connectivity index is 1.87. The van der Waals surface area contributed by atoms with Crippen LogP contribution in [-0.2, 0) is 6.54 Å². The molecule has 0 aliphatic carbocycles. The van der Waals surface area contributed by atoms with Crippen molar-refractivity contribution in [3.8, 4) is 16.9 Å². The van der Waals surface area contributed by atoms with E-state index in [0.29, 0.717) is 17.3 Å². The lowest BCUT2D eigenvalue weighted by Gasteiger charge is -2.08. The van der Waals surface area contributed by atoms with E-state index in [4.69, 9.17) is 20.9 Å². The Hall–Kier alpha value is -2.02. The van der Waals surface area contributed by atoms with E-state index < -0.39 is 0 Å². The first-order chi connectivity index (χ1) is 10.8. The van der Waals surface area contributed by atoms with Gasteiger partial charge in [-0.1, -0.05) is 35.9 Å². The quantitative estimate of drug-likeness (QED) is 0.571. The molecule has 112 valence electrons. The fourth-order valence-corrected chi connectivity index (χ4v) is 2.66. The smallest absolute Gasteiger partial charge is 0.157 e. The van der Waals surface area contributed by atoms with E-state index in [0.717, 1.165) is 28.9 Å². The minimum absolute atomic E-state index is 0.525. The first-order valence-electron chi connectivity index (χ1n) is 6.51. The summed E-state index contributed by atoms with van der Waals surface area (Å²) in [4.78, 5) is 3.95. The predicted octanol–water partition coefficient (Wildman–Crippen LogP) is 3.55. The molecule has 1 heterocycles. The molecule has 2 N–H and O–H groups in total. The van der Waals surface area contributed by atoms with Gasteiger partial charge in [0.1, 0.15) is 24.9 Å². The first-order valence-corrected chi connectivity index (χ1v) is 7.69. The summed E-state index contributed by atoms with van der Waals surface area (Å²) >= 11 is 6.97. The average molecular weight is 333 g/mol. The third-order valence-corrected chi connectivity index (χ3v) is 3.71. The number of halogens is 1. The zero-order chi connectivity index (χ0) is 15.4. The van der Waals surface area contributed by atoms with Crippen molar-refractivity contribution in [1.29, 1.82) is 0 Å². The van der Waals surface area contributed by atoms with Crippen LogP contribution in [0.2, 0.25) is 5.02 Å². The molecule has 0 bridgehead atoms. The second-order valence-corrected chi connectivity index (χ2v) is 5.38. The fourth-order valence-electron chi connectivity index (χ4n) is 2.15. The number of aromatic nitrogens is 3. The topological polar surface area (TPSA) is 66.0 Å². The minimum atomic E-state index is 0.525. The van der Waals surface area contributed by atoms with Crippen LogP contribution in [0, 0.1) is 0 Å². The highest BCUT2D eigenvalue weighted by atomic mass is 35.5. The largest absolute Gasteiger partial charge is 0.408 e. The van der Waals surface area contributed by atoms with Crippen molar-refractivity contribution in [2.24, 2.45) is 5.14 Å². The van der Waals surface area contributed by atoms with E-state index >= 15 is 0 Å². The maximum Gasteiger partial charge on any atom is 0.157 e. The molecule has 0 spiro atoms. The standard InChI is InChI=1S/C15H13ClN4OS/c16-14-7-13(4-5-15(14)21-22-17)12-3-1-2-11(6-12)8-20-10-18-9-19-20/h1-7,9-10H,8,17H2. The van der Waals surface area contributed by atoms with Crippen LogP contribution >= 0.6 is 23.8 Å². The van der Waals surface area contributed by atoms with Crippen molar-refractivity contribution >= 4 is 23.8 Å². The second kappa shape index (κ2) is 6.83. The molecule has 0 radical (unpaired) electrons. The molecule has 3 aromatic rings. The highest BCUT2D eigenvalue weighted by molar-refractivity contribution is 7.92. The van der Waals surface area contributed by atoms with E-state index in [9.17, 15) is 0 Å². The molecule has 0 unspecified atom stereocenters. The number of hydrogen-bond acceptors (Lipinski definition) is 5. The van der Waals surface area contributed by atoms with Crippen LogP contribution in [-0.4, -0.2) is 14.8 Å². The monoisotopic (exact) mass is 332 g/mol. The molecule has 7 heteroatoms. The number of rotatable bonds is 5. The highest BCUT2D eigenvalue weighted by Gasteiger charge is 2.06. The van der Waals surface area contributed by atoms with Gasteiger partial charge in [0.2, 0.25) is 0 Å². The van der Waals surface area contributed by atoms with Crippen LogP contribution in [0.5, 0.6) is 5.75 Å². The second-order valence-electron chi connectivity index (χ2n) is 4.62. The van der Waals surface area contributed by atoms with Crippen molar-refractivity contribution in [3.63, 3.8) is 0 Å². The third kappa shape index (κ3) is 3.41. The Morgan fingerprint density at radius 3 is 2.77 bits per heavy atom. The van der Waals surface area contributed by atoms with Gasteiger partial charge in [0.05, 0.1) is 11.6 Å². The summed E-state index contributed by atoms with van der Waals surface area (Å²) in [6.45, 7) is 0.673. The van der Waals surface area contributed by atoms with Crippen LogP contribution in [0.15, 0.2) is 55.1 Å². The zero-order valence-corrected chi connectivity index (χ0v) is 13.1. The van der Waals surface area contributed by atoms with Crippen LogP contribution in [0.4, 0.5) is 0 Å². The molecule has 0 saturated heterocycles. The summed E-state index contributed by atoms with van der Waals surface area (Å²) in [7, 11) is 0. The van der Waals surface area contributed by atoms with Gasteiger partial charge in [0, 0.05) is 0 Å². The van der Waals surface area contributed by atoms with Crippen LogP contribution in [0.25, 0.3) is 11.1 Å². The van der Waals surface area contributed by atoms with Gasteiger partial charge in [-0.05, 0) is 34.9 Å². The Kier molecular flexibility index (Phi) is 4.62. The molecule has 0 amide bonds. The lowest BCUT2D eigenvalue weighted by molar-refractivity contribution is 0.648. The fraction of sp³-hybridized carbons (Fsp3) is 0.0667. The van der Waals surface area contributed by atoms with E-state index in [2.05, 4.69) is 22.2 Å². The first kappa shape index (κ1) is 14.9. The molecular weight excluding hydrogens is 320 g/mol. The van der Waals surface area contributed by atoms with E-state index in [1.165, 1.54) is 6.33 Å². The lowest BCUT2D eigenvalue weighted by Crippen LogP contribution is -1.99. The summed E-state index contributed by atoms with van der Waals surface area (Å²) in [6.07, 6.45) is 3.22. The molecule has 2 aromatic carbocycles. The molecule has 0 aliphatic heterocycles. The molecule has 0 aliphatic rings. The molecule has 0 saturated carbocycles. The van der Waals surface area contributed by atoms with Crippen LogP contribution in [0.3, 0.4) is 0 Å². The summed E-state index contributed by atoms with van der Waals surface area (Å²) in [5, 5.41) is 9.92. The van der Waals surface area contributed by atoms with Crippen molar-refractivity contribution in [2.45, 2.75) is 6.54 Å². The normalized spacial score (nSPS) is 10.6. The summed E-state index contributed by atoms with van der Waals surface area (Å²) in [5.41, 5.74) is 3.23. The highest BCUT2D eigenvalue weighted by Crippen LogP contribution is 2.31. The number of nitrogens with zero attached hydrogens (tertiary/aromatic N) is 3. The molecule has 1 aromatic heterocycles. The van der Waals surface area contributed by atoms with Gasteiger partial charge < -0.3 is 4.18 Å². The Labute approximate surface area is 137 Å². The third-order valence-electron chi connectivity index (χ3n) is 3.14. The number of hydrogen-bond donors (Lipinski definition) is 1. The summed E-state index contributed by atoms with van der Waals surface area (Å²) in [6, 6.07) is 13.8. The van der Waals surface area contributed by atoms with E-state index in [1.54, 1.807) is 11.0 Å². The number of nitrogens with two attached hydrogens (primary N) is 1. The summed E-state index contributed by atoms with van der Waals surface area (Å²) in [5.74, 6) is 0.552. The molecule has 3 rings (SSSR count). The van der Waals surface area contributed by atoms with Gasteiger partial charge >= 0.3 is 0 Å².